The van der Waals surface area contributed by atoms with Gasteiger partial charge >= 0.3 is 5.97 Å². The van der Waals surface area contributed by atoms with Gasteiger partial charge in [0.05, 0.1) is 21.7 Å². The van der Waals surface area contributed by atoms with E-state index < -0.39 is 5.97 Å². The van der Waals surface area contributed by atoms with Gasteiger partial charge in [-0.05, 0) is 30.8 Å². The molecule has 4 rings (SSSR count). The molecule has 7 heteroatoms. The Labute approximate surface area is 173 Å². The van der Waals surface area contributed by atoms with Crippen molar-refractivity contribution in [2.24, 2.45) is 0 Å². The van der Waals surface area contributed by atoms with Crippen LogP contribution in [0.2, 0.25) is 5.02 Å². The summed E-state index contributed by atoms with van der Waals surface area (Å²) in [5.41, 5.74) is 3.58. The van der Waals surface area contributed by atoms with E-state index in [0.717, 1.165) is 41.7 Å². The summed E-state index contributed by atoms with van der Waals surface area (Å²) in [6, 6.07) is 12.0. The number of nitrogens with zero attached hydrogens (tertiary/aromatic N) is 2. The summed E-state index contributed by atoms with van der Waals surface area (Å²) >= 11 is 5.94. The first kappa shape index (κ1) is 19.4. The SMILES string of the molecule is CCN1CCc2nc3ccccc3c(C(=O)Nc3ccc(Cl)c(C(=O)O)c3)c2C1. The van der Waals surface area contributed by atoms with Crippen LogP contribution in [0.25, 0.3) is 10.9 Å². The van der Waals surface area contributed by atoms with Crippen LogP contribution >= 0.6 is 11.6 Å². The minimum Gasteiger partial charge on any atom is -0.478 e. The number of anilines is 1. The fourth-order valence-electron chi connectivity index (χ4n) is 3.74. The number of hydrogen-bond donors (Lipinski definition) is 2. The first-order valence-electron chi connectivity index (χ1n) is 9.45. The Bertz CT molecular complexity index is 1130. The Morgan fingerprint density at radius 1 is 1.24 bits per heavy atom. The molecule has 3 aromatic rings. The predicted molar refractivity (Wildman–Crippen MR) is 113 cm³/mol. The smallest absolute Gasteiger partial charge is 0.337 e. The van der Waals surface area contributed by atoms with Gasteiger partial charge in [0.2, 0.25) is 0 Å². The van der Waals surface area contributed by atoms with Gasteiger partial charge < -0.3 is 10.4 Å². The highest BCUT2D eigenvalue weighted by atomic mass is 35.5. The van der Waals surface area contributed by atoms with Crippen molar-refractivity contribution < 1.29 is 14.7 Å². The number of benzene rings is 2. The Balaban J connectivity index is 1.79. The second-order valence-corrected chi connectivity index (χ2v) is 7.41. The first-order valence-corrected chi connectivity index (χ1v) is 9.82. The molecule has 2 N–H and O–H groups in total. The van der Waals surface area contributed by atoms with Crippen LogP contribution in [0.3, 0.4) is 0 Å². The zero-order chi connectivity index (χ0) is 20.5. The normalized spacial score (nSPS) is 13.9. The van der Waals surface area contributed by atoms with Gasteiger partial charge in [-0.1, -0.05) is 36.7 Å². The van der Waals surface area contributed by atoms with Gasteiger partial charge in [0, 0.05) is 41.8 Å². The van der Waals surface area contributed by atoms with Gasteiger partial charge in [-0.2, -0.15) is 0 Å². The molecule has 0 saturated heterocycles. The van der Waals surface area contributed by atoms with Crippen LogP contribution in [-0.4, -0.2) is 40.0 Å². The lowest BCUT2D eigenvalue weighted by Gasteiger charge is -2.29. The number of rotatable bonds is 4. The van der Waals surface area contributed by atoms with Crippen molar-refractivity contribution in [1.29, 1.82) is 0 Å². The van der Waals surface area contributed by atoms with E-state index in [1.165, 1.54) is 12.1 Å². The molecule has 1 aliphatic rings. The summed E-state index contributed by atoms with van der Waals surface area (Å²) in [5.74, 6) is -1.42. The molecule has 0 radical (unpaired) electrons. The van der Waals surface area contributed by atoms with E-state index in [1.54, 1.807) is 6.07 Å². The molecule has 2 heterocycles. The Morgan fingerprint density at radius 2 is 2.03 bits per heavy atom. The van der Waals surface area contributed by atoms with Crippen LogP contribution in [-0.2, 0) is 13.0 Å². The number of carboxylic acids is 1. The summed E-state index contributed by atoms with van der Waals surface area (Å²) < 4.78 is 0. The molecular formula is C22H20ClN3O3. The average molecular weight is 410 g/mol. The van der Waals surface area contributed by atoms with Gasteiger partial charge in [-0.3, -0.25) is 14.7 Å². The second kappa shape index (κ2) is 7.81. The number of para-hydroxylation sites is 1. The van der Waals surface area contributed by atoms with Crippen molar-refractivity contribution in [3.05, 3.63) is 69.9 Å². The summed E-state index contributed by atoms with van der Waals surface area (Å²) in [5, 5.41) is 13.0. The number of nitrogens with one attached hydrogen (secondary N) is 1. The molecule has 0 fully saturated rings. The predicted octanol–water partition coefficient (Wildman–Crippen LogP) is 4.22. The Hall–Kier alpha value is -2.96. The van der Waals surface area contributed by atoms with Crippen molar-refractivity contribution in [2.45, 2.75) is 19.9 Å². The first-order chi connectivity index (χ1) is 14.0. The number of amides is 1. The highest BCUT2D eigenvalue weighted by Gasteiger charge is 2.25. The summed E-state index contributed by atoms with van der Waals surface area (Å²) in [6.07, 6.45) is 0.790. The quantitative estimate of drug-likeness (QED) is 0.674. The third-order valence-electron chi connectivity index (χ3n) is 5.25. The molecule has 1 aromatic heterocycles. The van der Waals surface area contributed by atoms with Crippen LogP contribution in [0, 0.1) is 0 Å². The zero-order valence-electron chi connectivity index (χ0n) is 15.9. The van der Waals surface area contributed by atoms with E-state index in [4.69, 9.17) is 16.6 Å². The maximum absolute atomic E-state index is 13.3. The van der Waals surface area contributed by atoms with Crippen molar-refractivity contribution in [1.82, 2.24) is 9.88 Å². The number of pyridine rings is 1. The number of halogens is 1. The number of fused-ring (bicyclic) bond motifs is 2. The highest BCUT2D eigenvalue weighted by molar-refractivity contribution is 6.33. The fraction of sp³-hybridized carbons (Fsp3) is 0.227. The second-order valence-electron chi connectivity index (χ2n) is 7.00. The number of aromatic carboxylic acids is 1. The van der Waals surface area contributed by atoms with Gasteiger partial charge in [-0.15, -0.1) is 0 Å². The molecule has 0 unspecified atom stereocenters. The molecule has 0 spiro atoms. The molecule has 1 amide bonds. The molecule has 6 nitrogen and oxygen atoms in total. The van der Waals surface area contributed by atoms with E-state index in [-0.39, 0.29) is 16.5 Å². The number of carbonyl (C=O) groups excluding carboxylic acids is 1. The lowest BCUT2D eigenvalue weighted by molar-refractivity contribution is 0.0696. The minimum atomic E-state index is -1.14. The van der Waals surface area contributed by atoms with E-state index in [2.05, 4.69) is 17.1 Å². The molecule has 148 valence electrons. The third-order valence-corrected chi connectivity index (χ3v) is 5.58. The lowest BCUT2D eigenvalue weighted by Crippen LogP contribution is -2.33. The number of aromatic nitrogens is 1. The van der Waals surface area contributed by atoms with Crippen LogP contribution in [0.5, 0.6) is 0 Å². The maximum Gasteiger partial charge on any atom is 0.337 e. The number of carbonyl (C=O) groups is 2. The van der Waals surface area contributed by atoms with Crippen molar-refractivity contribution in [3.63, 3.8) is 0 Å². The molecule has 29 heavy (non-hydrogen) atoms. The van der Waals surface area contributed by atoms with E-state index >= 15 is 0 Å². The summed E-state index contributed by atoms with van der Waals surface area (Å²) in [6.45, 7) is 4.56. The molecule has 0 aliphatic carbocycles. The molecule has 1 aliphatic heterocycles. The van der Waals surface area contributed by atoms with Crippen LogP contribution < -0.4 is 5.32 Å². The molecule has 0 atom stereocenters. The zero-order valence-corrected chi connectivity index (χ0v) is 16.7. The van der Waals surface area contributed by atoms with Crippen molar-refractivity contribution in [2.75, 3.05) is 18.4 Å². The molecule has 2 aromatic carbocycles. The largest absolute Gasteiger partial charge is 0.478 e. The minimum absolute atomic E-state index is 0.0526. The van der Waals surface area contributed by atoms with Gasteiger partial charge in [-0.25, -0.2) is 4.79 Å². The number of carboxylic acid groups (broad SMARTS) is 1. The number of likely N-dealkylation sites (N-methyl/N-ethyl adjacent to an activating group) is 1. The topological polar surface area (TPSA) is 82.5 Å². The van der Waals surface area contributed by atoms with Gasteiger partial charge in [0.25, 0.3) is 5.91 Å². The maximum atomic E-state index is 13.3. The van der Waals surface area contributed by atoms with Gasteiger partial charge in [0.15, 0.2) is 0 Å². The number of hydrogen-bond acceptors (Lipinski definition) is 4. The van der Waals surface area contributed by atoms with Crippen molar-refractivity contribution >= 4 is 40.1 Å². The van der Waals surface area contributed by atoms with Crippen LogP contribution in [0.15, 0.2) is 42.5 Å². The van der Waals surface area contributed by atoms with E-state index in [9.17, 15) is 14.7 Å². The average Bonchev–Trinajstić information content (AvgIpc) is 2.72. The van der Waals surface area contributed by atoms with E-state index in [1.807, 2.05) is 24.3 Å². The fourth-order valence-corrected chi connectivity index (χ4v) is 3.93. The molecule has 0 bridgehead atoms. The lowest BCUT2D eigenvalue weighted by atomic mass is 9.95. The summed E-state index contributed by atoms with van der Waals surface area (Å²) in [4.78, 5) is 31.7. The molecular weight excluding hydrogens is 390 g/mol. The highest BCUT2D eigenvalue weighted by Crippen LogP contribution is 2.29. The van der Waals surface area contributed by atoms with Crippen LogP contribution in [0.1, 0.15) is 38.9 Å². The Kier molecular flexibility index (Phi) is 5.22. The standard InChI is InChI=1S/C22H20ClN3O3/c1-2-26-10-9-19-16(12-26)20(14-5-3-4-6-18(14)25-19)21(27)24-13-7-8-17(23)15(11-13)22(28)29/h3-8,11H,2,9-10,12H2,1H3,(H,24,27)(H,28,29). The Morgan fingerprint density at radius 3 is 2.79 bits per heavy atom. The van der Waals surface area contributed by atoms with E-state index in [0.29, 0.717) is 17.8 Å². The third kappa shape index (κ3) is 3.69. The van der Waals surface area contributed by atoms with Gasteiger partial charge in [0.1, 0.15) is 0 Å². The summed E-state index contributed by atoms with van der Waals surface area (Å²) in [7, 11) is 0. The van der Waals surface area contributed by atoms with Crippen LogP contribution in [0.4, 0.5) is 5.69 Å². The van der Waals surface area contributed by atoms with Crippen molar-refractivity contribution in [3.8, 4) is 0 Å². The molecule has 0 saturated carbocycles. The monoisotopic (exact) mass is 409 g/mol.